The normalized spacial score (nSPS) is 11.0. The van der Waals surface area contributed by atoms with Gasteiger partial charge in [-0.2, -0.15) is 4.98 Å². The van der Waals surface area contributed by atoms with E-state index in [4.69, 9.17) is 0 Å². The van der Waals surface area contributed by atoms with Crippen LogP contribution >= 0.6 is 0 Å². The van der Waals surface area contributed by atoms with Gasteiger partial charge in [-0.3, -0.25) is 4.79 Å². The summed E-state index contributed by atoms with van der Waals surface area (Å²) < 4.78 is 6.69. The third kappa shape index (κ3) is 2.52. The number of rotatable bonds is 4. The molecule has 21 heavy (non-hydrogen) atoms. The van der Waals surface area contributed by atoms with Crippen LogP contribution in [0.5, 0.6) is 0 Å². The van der Waals surface area contributed by atoms with Crippen molar-refractivity contribution >= 4 is 16.8 Å². The van der Waals surface area contributed by atoms with Crippen LogP contribution in [0.1, 0.15) is 16.2 Å². The predicted octanol–water partition coefficient (Wildman–Crippen LogP) is 1.88. The van der Waals surface area contributed by atoms with Crippen LogP contribution in [0.4, 0.5) is 0 Å². The van der Waals surface area contributed by atoms with Gasteiger partial charge in [-0.15, -0.1) is 0 Å². The van der Waals surface area contributed by atoms with Gasteiger partial charge in [-0.25, -0.2) is 0 Å². The molecule has 0 bridgehead atoms. The van der Waals surface area contributed by atoms with E-state index in [1.165, 1.54) is 6.39 Å². The number of amides is 1. The molecule has 0 saturated carbocycles. The number of aryl methyl sites for hydroxylation is 1. The van der Waals surface area contributed by atoms with E-state index in [9.17, 15) is 4.79 Å². The minimum Gasteiger partial charge on any atom is -0.351 e. The molecule has 1 amide bonds. The Morgan fingerprint density at radius 3 is 3.00 bits per heavy atom. The summed E-state index contributed by atoms with van der Waals surface area (Å²) in [6.07, 6.45) is 3.83. The van der Waals surface area contributed by atoms with E-state index in [0.29, 0.717) is 24.4 Å². The van der Waals surface area contributed by atoms with Crippen LogP contribution in [0.2, 0.25) is 0 Å². The molecule has 3 rings (SSSR count). The van der Waals surface area contributed by atoms with Crippen LogP contribution in [0.25, 0.3) is 10.9 Å². The minimum atomic E-state index is -0.00436. The Labute approximate surface area is 122 Å². The Morgan fingerprint density at radius 2 is 2.24 bits per heavy atom. The number of carbonyl (C=O) groups is 1. The number of hydrogen-bond donors (Lipinski definition) is 0. The second kappa shape index (κ2) is 5.40. The van der Waals surface area contributed by atoms with E-state index >= 15 is 0 Å². The highest BCUT2D eigenvalue weighted by molar-refractivity contribution is 6.06. The van der Waals surface area contributed by atoms with Gasteiger partial charge in [0.15, 0.2) is 5.82 Å². The molecule has 2 aromatic heterocycles. The van der Waals surface area contributed by atoms with Gasteiger partial charge in [0.2, 0.25) is 6.39 Å². The van der Waals surface area contributed by atoms with E-state index in [0.717, 1.165) is 10.9 Å². The second-order valence-corrected chi connectivity index (χ2v) is 4.99. The summed E-state index contributed by atoms with van der Waals surface area (Å²) in [5.41, 5.74) is 1.76. The fourth-order valence-electron chi connectivity index (χ4n) is 2.37. The van der Waals surface area contributed by atoms with E-state index in [1.807, 2.05) is 42.1 Å². The molecule has 0 atom stereocenters. The lowest BCUT2D eigenvalue weighted by Gasteiger charge is -2.16. The zero-order valence-electron chi connectivity index (χ0n) is 12.0. The highest BCUT2D eigenvalue weighted by atomic mass is 16.5. The van der Waals surface area contributed by atoms with Crippen molar-refractivity contribution in [1.29, 1.82) is 0 Å². The molecule has 0 aliphatic rings. The molecular weight excluding hydrogens is 268 g/mol. The topological polar surface area (TPSA) is 64.2 Å². The van der Waals surface area contributed by atoms with Crippen molar-refractivity contribution in [2.45, 2.75) is 6.42 Å². The molecule has 0 saturated heterocycles. The summed E-state index contributed by atoms with van der Waals surface area (Å²) >= 11 is 0. The van der Waals surface area contributed by atoms with Crippen molar-refractivity contribution < 1.29 is 9.32 Å². The molecular formula is C15H16N4O2. The molecule has 108 valence electrons. The highest BCUT2D eigenvalue weighted by Crippen LogP contribution is 2.20. The SMILES string of the molecule is CN(CCc1ncon1)C(=O)c1cccc2c1ccn2C. The third-order valence-electron chi connectivity index (χ3n) is 3.58. The van der Waals surface area contributed by atoms with Gasteiger partial charge < -0.3 is 14.0 Å². The zero-order valence-corrected chi connectivity index (χ0v) is 12.0. The molecule has 0 unspecified atom stereocenters. The monoisotopic (exact) mass is 284 g/mol. The number of likely N-dealkylation sites (N-methyl/N-ethyl adjacent to an activating group) is 1. The molecule has 3 aromatic rings. The zero-order chi connectivity index (χ0) is 14.8. The fraction of sp³-hybridized carbons (Fsp3) is 0.267. The molecule has 6 nitrogen and oxygen atoms in total. The smallest absolute Gasteiger partial charge is 0.254 e. The second-order valence-electron chi connectivity index (χ2n) is 4.99. The number of aromatic nitrogens is 3. The van der Waals surface area contributed by atoms with Crippen LogP contribution in [0.15, 0.2) is 41.4 Å². The van der Waals surface area contributed by atoms with E-state index in [2.05, 4.69) is 14.7 Å². The Hall–Kier alpha value is -2.63. The third-order valence-corrected chi connectivity index (χ3v) is 3.58. The Kier molecular flexibility index (Phi) is 3.43. The van der Waals surface area contributed by atoms with Crippen molar-refractivity contribution in [3.05, 3.63) is 48.2 Å². The number of carbonyl (C=O) groups excluding carboxylic acids is 1. The van der Waals surface area contributed by atoms with Crippen molar-refractivity contribution in [1.82, 2.24) is 19.6 Å². The Balaban J connectivity index is 1.79. The van der Waals surface area contributed by atoms with Crippen LogP contribution in [0.3, 0.4) is 0 Å². The number of hydrogen-bond acceptors (Lipinski definition) is 4. The average molecular weight is 284 g/mol. The molecule has 0 aliphatic carbocycles. The average Bonchev–Trinajstić information content (AvgIpc) is 3.14. The number of nitrogens with zero attached hydrogens (tertiary/aromatic N) is 4. The number of benzene rings is 1. The number of fused-ring (bicyclic) bond motifs is 1. The molecule has 0 radical (unpaired) electrons. The van der Waals surface area contributed by atoms with Crippen LogP contribution in [0, 0.1) is 0 Å². The first-order valence-corrected chi connectivity index (χ1v) is 6.71. The van der Waals surface area contributed by atoms with Crippen molar-refractivity contribution in [2.24, 2.45) is 7.05 Å². The summed E-state index contributed by atoms with van der Waals surface area (Å²) in [7, 11) is 3.75. The van der Waals surface area contributed by atoms with Crippen molar-refractivity contribution in [2.75, 3.05) is 13.6 Å². The maximum Gasteiger partial charge on any atom is 0.254 e. The molecule has 0 N–H and O–H groups in total. The van der Waals surface area contributed by atoms with E-state index in [-0.39, 0.29) is 5.91 Å². The van der Waals surface area contributed by atoms with Crippen LogP contribution < -0.4 is 0 Å². The first-order chi connectivity index (χ1) is 10.2. The summed E-state index contributed by atoms with van der Waals surface area (Å²) in [4.78, 5) is 18.2. The van der Waals surface area contributed by atoms with Gasteiger partial charge >= 0.3 is 0 Å². The quantitative estimate of drug-likeness (QED) is 0.733. The molecule has 0 fully saturated rings. The largest absolute Gasteiger partial charge is 0.351 e. The Morgan fingerprint density at radius 1 is 1.38 bits per heavy atom. The highest BCUT2D eigenvalue weighted by Gasteiger charge is 2.16. The van der Waals surface area contributed by atoms with Gasteiger partial charge in [-0.05, 0) is 18.2 Å². The summed E-state index contributed by atoms with van der Waals surface area (Å²) in [6.45, 7) is 0.543. The van der Waals surface area contributed by atoms with Crippen molar-refractivity contribution in [3.63, 3.8) is 0 Å². The van der Waals surface area contributed by atoms with E-state index < -0.39 is 0 Å². The summed E-state index contributed by atoms with van der Waals surface area (Å²) in [5.74, 6) is 0.600. The molecule has 2 heterocycles. The maximum atomic E-state index is 12.6. The van der Waals surface area contributed by atoms with Gasteiger partial charge in [0, 0.05) is 49.7 Å². The summed E-state index contributed by atoms with van der Waals surface area (Å²) in [6, 6.07) is 7.74. The standard InChI is InChI=1S/C15H16N4O2/c1-18-8-6-11-12(4-3-5-13(11)18)15(20)19(2)9-7-14-16-10-21-17-14/h3-6,8,10H,7,9H2,1-2H3. The Bertz CT molecular complexity index is 761. The molecule has 6 heteroatoms. The predicted molar refractivity (Wildman–Crippen MR) is 77.9 cm³/mol. The lowest BCUT2D eigenvalue weighted by Crippen LogP contribution is -2.29. The van der Waals surface area contributed by atoms with Crippen LogP contribution in [-0.2, 0) is 13.5 Å². The van der Waals surface area contributed by atoms with Gasteiger partial charge in [0.25, 0.3) is 5.91 Å². The lowest BCUT2D eigenvalue weighted by atomic mass is 10.1. The molecule has 0 spiro atoms. The van der Waals surface area contributed by atoms with Crippen LogP contribution in [-0.4, -0.2) is 39.1 Å². The summed E-state index contributed by atoms with van der Waals surface area (Å²) in [5, 5.41) is 4.72. The van der Waals surface area contributed by atoms with Gasteiger partial charge in [0.1, 0.15) is 0 Å². The molecule has 1 aromatic carbocycles. The fourth-order valence-corrected chi connectivity index (χ4v) is 2.37. The lowest BCUT2D eigenvalue weighted by molar-refractivity contribution is 0.0797. The van der Waals surface area contributed by atoms with Gasteiger partial charge in [-0.1, -0.05) is 11.2 Å². The molecule has 0 aliphatic heterocycles. The van der Waals surface area contributed by atoms with Gasteiger partial charge in [0.05, 0.1) is 0 Å². The van der Waals surface area contributed by atoms with Crippen molar-refractivity contribution in [3.8, 4) is 0 Å². The minimum absolute atomic E-state index is 0.00436. The van der Waals surface area contributed by atoms with E-state index in [1.54, 1.807) is 11.9 Å². The first kappa shape index (κ1) is 13.4. The first-order valence-electron chi connectivity index (χ1n) is 6.71. The maximum absolute atomic E-state index is 12.6.